The van der Waals surface area contributed by atoms with Gasteiger partial charge in [-0.2, -0.15) is 0 Å². The van der Waals surface area contributed by atoms with Gasteiger partial charge in [0.05, 0.1) is 16.6 Å². The number of aromatic amines is 2. The van der Waals surface area contributed by atoms with E-state index in [0.717, 1.165) is 65.4 Å². The number of rotatable bonds is 8. The van der Waals surface area contributed by atoms with E-state index in [-0.39, 0.29) is 5.56 Å². The topological polar surface area (TPSA) is 58.4 Å². The summed E-state index contributed by atoms with van der Waals surface area (Å²) < 4.78 is 0. The SMILES string of the molecule is CN(C)CCN(CCN(C)C)Cc1cccc2c1[nH]c1c3ccccc3c(=O)[nH]c21. The van der Waals surface area contributed by atoms with Crippen LogP contribution in [0, 0.1) is 0 Å². The Morgan fingerprint density at radius 2 is 1.27 bits per heavy atom. The van der Waals surface area contributed by atoms with Crippen molar-refractivity contribution in [3.63, 3.8) is 0 Å². The van der Waals surface area contributed by atoms with Crippen molar-refractivity contribution in [3.8, 4) is 0 Å². The van der Waals surface area contributed by atoms with Gasteiger partial charge in [0.2, 0.25) is 0 Å². The van der Waals surface area contributed by atoms with Gasteiger partial charge in [-0.05, 0) is 39.8 Å². The zero-order valence-electron chi connectivity index (χ0n) is 18.3. The summed E-state index contributed by atoms with van der Waals surface area (Å²) in [5, 5.41) is 2.76. The highest BCUT2D eigenvalue weighted by Crippen LogP contribution is 2.30. The fraction of sp³-hybridized carbons (Fsp3) is 0.375. The highest BCUT2D eigenvalue weighted by atomic mass is 16.1. The number of hydrogen-bond acceptors (Lipinski definition) is 4. The lowest BCUT2D eigenvalue weighted by Gasteiger charge is -2.26. The average Bonchev–Trinajstić information content (AvgIpc) is 3.10. The molecule has 0 fully saturated rings. The van der Waals surface area contributed by atoms with Crippen LogP contribution in [0.2, 0.25) is 0 Å². The number of benzene rings is 2. The molecule has 0 saturated heterocycles. The number of pyridine rings is 1. The monoisotopic (exact) mass is 405 g/mol. The summed E-state index contributed by atoms with van der Waals surface area (Å²) in [6.45, 7) is 4.94. The number of nitrogens with zero attached hydrogens (tertiary/aromatic N) is 3. The van der Waals surface area contributed by atoms with E-state index in [1.807, 2.05) is 24.3 Å². The Kier molecular flexibility index (Phi) is 5.90. The molecule has 0 saturated carbocycles. The molecule has 158 valence electrons. The molecule has 2 aromatic carbocycles. The second kappa shape index (κ2) is 8.60. The second-order valence-corrected chi connectivity index (χ2v) is 8.60. The predicted octanol–water partition coefficient (Wildman–Crippen LogP) is 3.09. The predicted molar refractivity (Wildman–Crippen MR) is 126 cm³/mol. The van der Waals surface area contributed by atoms with Gasteiger partial charge >= 0.3 is 0 Å². The van der Waals surface area contributed by atoms with Gasteiger partial charge in [-0.3, -0.25) is 9.69 Å². The Balaban J connectivity index is 1.77. The first-order chi connectivity index (χ1) is 14.4. The Morgan fingerprint density at radius 1 is 0.667 bits per heavy atom. The normalized spacial score (nSPS) is 12.4. The van der Waals surface area contributed by atoms with Crippen molar-refractivity contribution < 1.29 is 0 Å². The molecule has 0 unspecified atom stereocenters. The van der Waals surface area contributed by atoms with Crippen LogP contribution in [0.5, 0.6) is 0 Å². The van der Waals surface area contributed by atoms with Crippen LogP contribution in [0.1, 0.15) is 5.56 Å². The Hall–Kier alpha value is -2.67. The molecule has 0 aliphatic rings. The van der Waals surface area contributed by atoms with E-state index in [9.17, 15) is 4.79 Å². The molecule has 0 bridgehead atoms. The number of likely N-dealkylation sites (N-methyl/N-ethyl adjacent to an activating group) is 2. The van der Waals surface area contributed by atoms with Crippen LogP contribution in [0.3, 0.4) is 0 Å². The van der Waals surface area contributed by atoms with Crippen molar-refractivity contribution >= 4 is 32.7 Å². The van der Waals surface area contributed by atoms with Gasteiger partial charge < -0.3 is 19.8 Å². The van der Waals surface area contributed by atoms with Crippen LogP contribution in [0.4, 0.5) is 0 Å². The van der Waals surface area contributed by atoms with Gasteiger partial charge in [-0.1, -0.05) is 36.4 Å². The van der Waals surface area contributed by atoms with E-state index in [0.29, 0.717) is 0 Å². The number of aromatic nitrogens is 2. The minimum atomic E-state index is -0.0389. The van der Waals surface area contributed by atoms with Gasteiger partial charge in [0.1, 0.15) is 0 Å². The van der Waals surface area contributed by atoms with Crippen LogP contribution >= 0.6 is 0 Å². The molecule has 2 heterocycles. The number of H-pyrrole nitrogens is 2. The molecule has 6 nitrogen and oxygen atoms in total. The first kappa shape index (κ1) is 20.6. The zero-order valence-corrected chi connectivity index (χ0v) is 18.3. The first-order valence-electron chi connectivity index (χ1n) is 10.5. The standard InChI is InChI=1S/C24H31N5O/c1-27(2)12-14-29(15-13-28(3)4)16-17-8-7-11-20-21(17)25-22-18-9-5-6-10-19(18)24(30)26-23(20)22/h5-11,25H,12-16H2,1-4H3,(H,26,30). The molecule has 2 aromatic heterocycles. The maximum Gasteiger partial charge on any atom is 0.256 e. The average molecular weight is 406 g/mol. The van der Waals surface area contributed by atoms with Crippen molar-refractivity contribution in [2.24, 2.45) is 0 Å². The molecule has 6 heteroatoms. The first-order valence-corrected chi connectivity index (χ1v) is 10.5. The van der Waals surface area contributed by atoms with E-state index < -0.39 is 0 Å². The molecule has 4 rings (SSSR count). The summed E-state index contributed by atoms with van der Waals surface area (Å²) in [6, 6.07) is 14.2. The maximum absolute atomic E-state index is 12.6. The van der Waals surface area contributed by atoms with Gasteiger partial charge in [0.15, 0.2) is 0 Å². The molecule has 4 aromatic rings. The third kappa shape index (κ3) is 4.12. The van der Waals surface area contributed by atoms with E-state index >= 15 is 0 Å². The quantitative estimate of drug-likeness (QED) is 0.473. The molecule has 0 amide bonds. The molecule has 2 N–H and O–H groups in total. The molecule has 0 atom stereocenters. The highest BCUT2D eigenvalue weighted by Gasteiger charge is 2.15. The fourth-order valence-corrected chi connectivity index (χ4v) is 4.02. The Labute approximate surface area is 177 Å². The summed E-state index contributed by atoms with van der Waals surface area (Å²) in [4.78, 5) is 26.3. The van der Waals surface area contributed by atoms with Crippen molar-refractivity contribution in [3.05, 3.63) is 58.4 Å². The molecule has 0 aliphatic carbocycles. The van der Waals surface area contributed by atoms with Crippen LogP contribution in [0.15, 0.2) is 47.3 Å². The molecule has 30 heavy (non-hydrogen) atoms. The molecule has 0 spiro atoms. The van der Waals surface area contributed by atoms with Crippen molar-refractivity contribution in [2.75, 3.05) is 54.4 Å². The summed E-state index contributed by atoms with van der Waals surface area (Å²) in [7, 11) is 8.46. The number of hydrogen-bond donors (Lipinski definition) is 2. The number of nitrogens with one attached hydrogen (secondary N) is 2. The lowest BCUT2D eigenvalue weighted by atomic mass is 10.1. The molecule has 0 aliphatic heterocycles. The lowest BCUT2D eigenvalue weighted by molar-refractivity contribution is 0.212. The van der Waals surface area contributed by atoms with Crippen molar-refractivity contribution in [2.45, 2.75) is 6.54 Å². The Bertz CT molecular complexity index is 1210. The van der Waals surface area contributed by atoms with Gasteiger partial charge in [0.25, 0.3) is 5.56 Å². The zero-order chi connectivity index (χ0) is 21.3. The fourth-order valence-electron chi connectivity index (χ4n) is 4.02. The molecular formula is C24H31N5O. The van der Waals surface area contributed by atoms with Crippen LogP contribution < -0.4 is 5.56 Å². The minimum Gasteiger partial charge on any atom is -0.352 e. The van der Waals surface area contributed by atoms with Crippen molar-refractivity contribution in [1.82, 2.24) is 24.7 Å². The highest BCUT2D eigenvalue weighted by molar-refractivity contribution is 6.15. The number of para-hydroxylation sites is 1. The smallest absolute Gasteiger partial charge is 0.256 e. The van der Waals surface area contributed by atoms with Crippen LogP contribution in [-0.4, -0.2) is 79.0 Å². The summed E-state index contributed by atoms with van der Waals surface area (Å²) >= 11 is 0. The summed E-state index contributed by atoms with van der Waals surface area (Å²) in [6.07, 6.45) is 0. The third-order valence-electron chi connectivity index (χ3n) is 5.72. The van der Waals surface area contributed by atoms with Gasteiger partial charge in [-0.15, -0.1) is 0 Å². The van der Waals surface area contributed by atoms with Gasteiger partial charge in [0, 0.05) is 48.9 Å². The van der Waals surface area contributed by atoms with E-state index in [2.05, 4.69) is 71.1 Å². The lowest BCUT2D eigenvalue weighted by Crippen LogP contribution is -2.36. The largest absolute Gasteiger partial charge is 0.352 e. The van der Waals surface area contributed by atoms with Crippen molar-refractivity contribution in [1.29, 1.82) is 0 Å². The third-order valence-corrected chi connectivity index (χ3v) is 5.72. The molecular weight excluding hydrogens is 374 g/mol. The van der Waals surface area contributed by atoms with E-state index in [4.69, 9.17) is 0 Å². The van der Waals surface area contributed by atoms with Crippen LogP contribution in [0.25, 0.3) is 32.7 Å². The Morgan fingerprint density at radius 3 is 1.93 bits per heavy atom. The van der Waals surface area contributed by atoms with Crippen LogP contribution in [-0.2, 0) is 6.54 Å². The summed E-state index contributed by atoms with van der Waals surface area (Å²) in [5.41, 5.74) is 4.22. The second-order valence-electron chi connectivity index (χ2n) is 8.60. The van der Waals surface area contributed by atoms with E-state index in [1.165, 1.54) is 5.56 Å². The summed E-state index contributed by atoms with van der Waals surface area (Å²) in [5.74, 6) is 0. The maximum atomic E-state index is 12.6. The number of fused-ring (bicyclic) bond motifs is 5. The molecule has 0 radical (unpaired) electrons. The van der Waals surface area contributed by atoms with Gasteiger partial charge in [-0.25, -0.2) is 0 Å². The van der Waals surface area contributed by atoms with E-state index in [1.54, 1.807) is 0 Å². The minimum absolute atomic E-state index is 0.0389.